The molecular formula is C17H25N3O4S. The molecule has 1 aromatic carbocycles. The van der Waals surface area contributed by atoms with Crippen molar-refractivity contribution in [3.8, 4) is 0 Å². The Hall–Kier alpha value is -2.09. The molecule has 2 rings (SSSR count). The number of aryl methyl sites for hydroxylation is 1. The summed E-state index contributed by atoms with van der Waals surface area (Å²) in [7, 11) is -3.41. The number of carbonyl (C=O) groups is 2. The van der Waals surface area contributed by atoms with Gasteiger partial charge in [-0.1, -0.05) is 12.5 Å². The van der Waals surface area contributed by atoms with Crippen LogP contribution in [-0.4, -0.2) is 51.0 Å². The van der Waals surface area contributed by atoms with Gasteiger partial charge in [-0.25, -0.2) is 8.42 Å². The summed E-state index contributed by atoms with van der Waals surface area (Å²) in [5, 5.41) is 2.79. The molecule has 0 saturated carbocycles. The van der Waals surface area contributed by atoms with Gasteiger partial charge in [0.05, 0.1) is 11.9 Å². The van der Waals surface area contributed by atoms with E-state index < -0.39 is 10.0 Å². The lowest BCUT2D eigenvalue weighted by molar-refractivity contribution is -0.130. The van der Waals surface area contributed by atoms with E-state index in [0.29, 0.717) is 30.8 Å². The van der Waals surface area contributed by atoms with Crippen LogP contribution in [0.1, 0.15) is 41.6 Å². The van der Waals surface area contributed by atoms with E-state index in [1.807, 2.05) is 0 Å². The van der Waals surface area contributed by atoms with Gasteiger partial charge in [0.1, 0.15) is 0 Å². The molecule has 0 aliphatic carbocycles. The molecule has 25 heavy (non-hydrogen) atoms. The van der Waals surface area contributed by atoms with Crippen LogP contribution in [0.4, 0.5) is 5.69 Å². The largest absolute Gasteiger partial charge is 0.350 e. The molecule has 1 heterocycles. The van der Waals surface area contributed by atoms with Crippen LogP contribution < -0.4 is 10.0 Å². The fourth-order valence-corrected chi connectivity index (χ4v) is 3.37. The number of nitrogens with zero attached hydrogens (tertiary/aromatic N) is 1. The van der Waals surface area contributed by atoms with E-state index in [2.05, 4.69) is 10.0 Å². The van der Waals surface area contributed by atoms with Crippen molar-refractivity contribution in [1.82, 2.24) is 10.2 Å². The molecule has 138 valence electrons. The van der Waals surface area contributed by atoms with Crippen molar-refractivity contribution in [2.24, 2.45) is 0 Å². The van der Waals surface area contributed by atoms with E-state index >= 15 is 0 Å². The van der Waals surface area contributed by atoms with Gasteiger partial charge in [-0.3, -0.25) is 14.3 Å². The maximum atomic E-state index is 12.3. The third-order valence-electron chi connectivity index (χ3n) is 4.13. The van der Waals surface area contributed by atoms with Crippen LogP contribution in [-0.2, 0) is 14.8 Å². The smallest absolute Gasteiger partial charge is 0.251 e. The zero-order chi connectivity index (χ0) is 18.4. The molecule has 0 aromatic heterocycles. The molecule has 1 fully saturated rings. The number of anilines is 1. The van der Waals surface area contributed by atoms with Gasteiger partial charge in [0.2, 0.25) is 15.9 Å². The zero-order valence-corrected chi connectivity index (χ0v) is 15.5. The molecule has 0 atom stereocenters. The summed E-state index contributed by atoms with van der Waals surface area (Å²) in [6.07, 6.45) is 4.64. The molecule has 7 nitrogen and oxygen atoms in total. The van der Waals surface area contributed by atoms with Crippen LogP contribution in [0.15, 0.2) is 18.2 Å². The molecule has 1 aromatic rings. The summed E-state index contributed by atoms with van der Waals surface area (Å²) in [4.78, 5) is 26.0. The first-order valence-corrected chi connectivity index (χ1v) is 10.3. The third-order valence-corrected chi connectivity index (χ3v) is 4.72. The molecule has 0 radical (unpaired) electrons. The molecule has 0 spiro atoms. The number of sulfonamides is 1. The van der Waals surface area contributed by atoms with Crippen LogP contribution in [0.3, 0.4) is 0 Å². The summed E-state index contributed by atoms with van der Waals surface area (Å²) in [5.41, 5.74) is 1.49. The second-order valence-electron chi connectivity index (χ2n) is 6.35. The fourth-order valence-electron chi connectivity index (χ4n) is 2.75. The Morgan fingerprint density at radius 3 is 2.72 bits per heavy atom. The van der Waals surface area contributed by atoms with Crippen molar-refractivity contribution in [3.63, 3.8) is 0 Å². The molecule has 8 heteroatoms. The summed E-state index contributed by atoms with van der Waals surface area (Å²) in [6, 6.07) is 4.86. The Balaban J connectivity index is 1.94. The molecule has 1 aliphatic rings. The van der Waals surface area contributed by atoms with Gasteiger partial charge >= 0.3 is 0 Å². The topological polar surface area (TPSA) is 95.6 Å². The highest BCUT2D eigenvalue weighted by Gasteiger charge is 2.16. The lowest BCUT2D eigenvalue weighted by atomic mass is 10.1. The van der Waals surface area contributed by atoms with E-state index in [1.165, 1.54) is 6.07 Å². The molecule has 1 saturated heterocycles. The molecule has 2 N–H and O–H groups in total. The second-order valence-corrected chi connectivity index (χ2v) is 8.10. The van der Waals surface area contributed by atoms with Crippen molar-refractivity contribution >= 4 is 27.5 Å². The summed E-state index contributed by atoms with van der Waals surface area (Å²) < 4.78 is 25.2. The number of carbonyl (C=O) groups excluding carboxylic acids is 2. The van der Waals surface area contributed by atoms with E-state index in [1.54, 1.807) is 24.0 Å². The molecule has 0 bridgehead atoms. The van der Waals surface area contributed by atoms with Gasteiger partial charge in [-0.15, -0.1) is 0 Å². The highest BCUT2D eigenvalue weighted by Crippen LogP contribution is 2.18. The standard InChI is InChI=1S/C17H25N3O4S/c1-13-7-8-14(12-15(13)19-25(2,23)24)17(22)18-9-11-20-10-5-3-4-6-16(20)21/h7-8,12,19H,3-6,9-11H2,1-2H3,(H,18,22). The van der Waals surface area contributed by atoms with Crippen LogP contribution >= 0.6 is 0 Å². The Bertz CT molecular complexity index is 746. The number of benzene rings is 1. The maximum Gasteiger partial charge on any atom is 0.251 e. The summed E-state index contributed by atoms with van der Waals surface area (Å²) in [5.74, 6) is -0.152. The second kappa shape index (κ2) is 8.33. The van der Waals surface area contributed by atoms with Crippen molar-refractivity contribution < 1.29 is 18.0 Å². The molecule has 1 aliphatic heterocycles. The zero-order valence-electron chi connectivity index (χ0n) is 14.7. The van der Waals surface area contributed by atoms with Crippen LogP contribution in [0.2, 0.25) is 0 Å². The third kappa shape index (κ3) is 6.04. The van der Waals surface area contributed by atoms with Crippen molar-refractivity contribution in [2.45, 2.75) is 32.6 Å². The van der Waals surface area contributed by atoms with Crippen LogP contribution in [0.5, 0.6) is 0 Å². The number of nitrogens with one attached hydrogen (secondary N) is 2. The SMILES string of the molecule is Cc1ccc(C(=O)NCCN2CCCCCC2=O)cc1NS(C)(=O)=O. The minimum Gasteiger partial charge on any atom is -0.350 e. The van der Waals surface area contributed by atoms with Gasteiger partial charge in [-0.2, -0.15) is 0 Å². The molecule has 2 amide bonds. The Morgan fingerprint density at radius 1 is 1.24 bits per heavy atom. The quantitative estimate of drug-likeness (QED) is 0.796. The first-order chi connectivity index (χ1) is 11.8. The predicted molar refractivity (Wildman–Crippen MR) is 97.0 cm³/mol. The van der Waals surface area contributed by atoms with E-state index in [4.69, 9.17) is 0 Å². The number of hydrogen-bond donors (Lipinski definition) is 2. The summed E-state index contributed by atoms with van der Waals surface area (Å²) >= 11 is 0. The highest BCUT2D eigenvalue weighted by atomic mass is 32.2. The van der Waals surface area contributed by atoms with E-state index in [-0.39, 0.29) is 11.8 Å². The molecule has 0 unspecified atom stereocenters. The van der Waals surface area contributed by atoms with Gasteiger partial charge < -0.3 is 10.2 Å². The molecular weight excluding hydrogens is 342 g/mol. The van der Waals surface area contributed by atoms with Gasteiger partial charge in [0, 0.05) is 31.6 Å². The van der Waals surface area contributed by atoms with Crippen molar-refractivity contribution in [3.05, 3.63) is 29.3 Å². The lowest BCUT2D eigenvalue weighted by Crippen LogP contribution is -2.38. The number of hydrogen-bond acceptors (Lipinski definition) is 4. The maximum absolute atomic E-state index is 12.3. The van der Waals surface area contributed by atoms with Crippen molar-refractivity contribution in [1.29, 1.82) is 0 Å². The van der Waals surface area contributed by atoms with Gasteiger partial charge in [-0.05, 0) is 37.5 Å². The number of likely N-dealkylation sites (tertiary alicyclic amines) is 1. The average Bonchev–Trinajstić information content (AvgIpc) is 2.73. The monoisotopic (exact) mass is 367 g/mol. The highest BCUT2D eigenvalue weighted by molar-refractivity contribution is 7.92. The van der Waals surface area contributed by atoms with Crippen molar-refractivity contribution in [2.75, 3.05) is 30.6 Å². The first-order valence-electron chi connectivity index (χ1n) is 8.41. The van der Waals surface area contributed by atoms with Gasteiger partial charge in [0.15, 0.2) is 0 Å². The van der Waals surface area contributed by atoms with Gasteiger partial charge in [0.25, 0.3) is 5.91 Å². The number of rotatable bonds is 6. The first kappa shape index (κ1) is 19.2. The predicted octanol–water partition coefficient (Wildman–Crippen LogP) is 1.50. The normalized spacial score (nSPS) is 15.6. The lowest BCUT2D eigenvalue weighted by Gasteiger charge is -2.20. The minimum absolute atomic E-state index is 0.140. The van der Waals surface area contributed by atoms with Crippen LogP contribution in [0.25, 0.3) is 0 Å². The number of amides is 2. The van der Waals surface area contributed by atoms with E-state index in [9.17, 15) is 18.0 Å². The average molecular weight is 367 g/mol. The Kier molecular flexibility index (Phi) is 6.41. The Morgan fingerprint density at radius 2 is 2.00 bits per heavy atom. The Labute approximate surface area is 148 Å². The fraction of sp³-hybridized carbons (Fsp3) is 0.529. The summed E-state index contributed by atoms with van der Waals surface area (Å²) in [6.45, 7) is 3.36. The van der Waals surface area contributed by atoms with Crippen LogP contribution in [0, 0.1) is 6.92 Å². The minimum atomic E-state index is -3.41. The van der Waals surface area contributed by atoms with E-state index in [0.717, 1.165) is 37.6 Å².